The number of phenols is 1. The van der Waals surface area contributed by atoms with Gasteiger partial charge in [0, 0.05) is 17.4 Å². The molecule has 27 heavy (non-hydrogen) atoms. The smallest absolute Gasteiger partial charge is 0.251 e. The molecule has 136 valence electrons. The van der Waals surface area contributed by atoms with Crippen molar-refractivity contribution in [2.75, 3.05) is 7.11 Å². The summed E-state index contributed by atoms with van der Waals surface area (Å²) >= 11 is 3.35. The number of allylic oxidation sites excluding steroid dienone is 4. The maximum absolute atomic E-state index is 10.2. The topological polar surface area (TPSA) is 101 Å². The van der Waals surface area contributed by atoms with Crippen LogP contribution in [0.4, 0.5) is 0 Å². The van der Waals surface area contributed by atoms with E-state index in [0.29, 0.717) is 15.8 Å². The SMILES string of the molecule is COc1cc(C2C3=CC=C(C)C4=CC=NC43OC(N)=C2C#N)cc(Br)c1O. The van der Waals surface area contributed by atoms with Crippen LogP contribution in [0.25, 0.3) is 0 Å². The fourth-order valence-corrected chi connectivity index (χ4v) is 4.23. The molecule has 1 aliphatic carbocycles. The van der Waals surface area contributed by atoms with Gasteiger partial charge in [-0.05, 0) is 52.2 Å². The zero-order valence-electron chi connectivity index (χ0n) is 14.7. The fraction of sp³-hybridized carbons (Fsp3) is 0.200. The van der Waals surface area contributed by atoms with Crippen LogP contribution in [0.2, 0.25) is 0 Å². The first-order valence-electron chi connectivity index (χ1n) is 8.23. The average molecular weight is 426 g/mol. The van der Waals surface area contributed by atoms with Crippen molar-refractivity contribution in [1.82, 2.24) is 0 Å². The standard InChI is InChI=1S/C20H16BrN3O3/c1-10-3-4-14-17(11-7-15(21)18(25)16(8-11)26-2)12(9-22)19(23)27-20(14)13(10)5-6-24-20/h3-8,17,25H,23H2,1-2H3. The van der Waals surface area contributed by atoms with E-state index in [1.165, 1.54) is 7.11 Å². The van der Waals surface area contributed by atoms with Crippen molar-refractivity contribution < 1.29 is 14.6 Å². The van der Waals surface area contributed by atoms with E-state index >= 15 is 0 Å². The Labute approximate surface area is 164 Å². The molecule has 0 amide bonds. The lowest BCUT2D eigenvalue weighted by atomic mass is 9.73. The first-order chi connectivity index (χ1) is 12.9. The minimum absolute atomic E-state index is 0.00804. The normalized spacial score (nSPS) is 25.6. The molecule has 1 aromatic carbocycles. The Morgan fingerprint density at radius 2 is 2.15 bits per heavy atom. The summed E-state index contributed by atoms with van der Waals surface area (Å²) in [5, 5.41) is 19.9. The molecular weight excluding hydrogens is 410 g/mol. The third-order valence-electron chi connectivity index (χ3n) is 5.04. The number of methoxy groups -OCH3 is 1. The molecule has 0 saturated carbocycles. The summed E-state index contributed by atoms with van der Waals surface area (Å²) in [4.78, 5) is 4.57. The number of phenolic OH excluding ortho intramolecular Hbond substituents is 1. The van der Waals surface area contributed by atoms with Gasteiger partial charge in [0.2, 0.25) is 5.88 Å². The molecule has 2 aliphatic heterocycles. The quantitative estimate of drug-likeness (QED) is 0.753. The molecule has 0 fully saturated rings. The number of ether oxygens (including phenoxy) is 2. The van der Waals surface area contributed by atoms with Crippen molar-refractivity contribution in [2.45, 2.75) is 18.6 Å². The second kappa shape index (κ2) is 6.03. The molecule has 1 spiro atoms. The van der Waals surface area contributed by atoms with Gasteiger partial charge in [-0.15, -0.1) is 0 Å². The molecule has 0 bridgehead atoms. The Kier molecular flexibility index (Phi) is 3.89. The van der Waals surface area contributed by atoms with E-state index in [4.69, 9.17) is 15.2 Å². The van der Waals surface area contributed by atoms with Gasteiger partial charge in [-0.25, -0.2) is 4.99 Å². The number of rotatable bonds is 2. The monoisotopic (exact) mass is 425 g/mol. The molecule has 2 atom stereocenters. The Balaban J connectivity index is 2.00. The van der Waals surface area contributed by atoms with Crippen LogP contribution < -0.4 is 10.5 Å². The van der Waals surface area contributed by atoms with Gasteiger partial charge in [0.15, 0.2) is 11.5 Å². The first-order valence-corrected chi connectivity index (χ1v) is 9.02. The summed E-state index contributed by atoms with van der Waals surface area (Å²) in [5.41, 5.74) is 8.83. The van der Waals surface area contributed by atoms with Crippen LogP contribution in [0.3, 0.4) is 0 Å². The third kappa shape index (κ3) is 2.33. The molecule has 6 nitrogen and oxygen atoms in total. The summed E-state index contributed by atoms with van der Waals surface area (Å²) in [6.07, 6.45) is 7.50. The number of hydrogen-bond donors (Lipinski definition) is 2. The lowest BCUT2D eigenvalue weighted by Crippen LogP contribution is -2.43. The van der Waals surface area contributed by atoms with Crippen LogP contribution in [-0.4, -0.2) is 24.2 Å². The third-order valence-corrected chi connectivity index (χ3v) is 5.64. The lowest BCUT2D eigenvalue weighted by molar-refractivity contribution is 0.0592. The van der Waals surface area contributed by atoms with E-state index in [1.807, 2.05) is 25.2 Å². The molecule has 0 aromatic heterocycles. The van der Waals surface area contributed by atoms with Gasteiger partial charge >= 0.3 is 0 Å². The Bertz CT molecular complexity index is 1060. The molecular formula is C20H16BrN3O3. The molecule has 4 rings (SSSR count). The molecule has 3 N–H and O–H groups in total. The number of benzene rings is 1. The highest BCUT2D eigenvalue weighted by Crippen LogP contribution is 2.54. The van der Waals surface area contributed by atoms with Crippen LogP contribution in [0, 0.1) is 11.3 Å². The van der Waals surface area contributed by atoms with Gasteiger partial charge < -0.3 is 20.3 Å². The summed E-state index contributed by atoms with van der Waals surface area (Å²) in [5.74, 6) is -0.157. The molecule has 2 unspecified atom stereocenters. The Morgan fingerprint density at radius 1 is 1.37 bits per heavy atom. The first kappa shape index (κ1) is 17.4. The largest absolute Gasteiger partial charge is 0.503 e. The predicted octanol–water partition coefficient (Wildman–Crippen LogP) is 3.56. The number of nitrogens with two attached hydrogens (primary N) is 1. The Morgan fingerprint density at radius 3 is 2.85 bits per heavy atom. The highest BCUT2D eigenvalue weighted by atomic mass is 79.9. The lowest BCUT2D eigenvalue weighted by Gasteiger charge is -2.42. The van der Waals surface area contributed by atoms with Crippen molar-refractivity contribution in [3.05, 3.63) is 68.6 Å². The van der Waals surface area contributed by atoms with Gasteiger partial charge in [-0.1, -0.05) is 12.2 Å². The molecule has 2 heterocycles. The van der Waals surface area contributed by atoms with Crippen LogP contribution >= 0.6 is 15.9 Å². The second-order valence-electron chi connectivity index (χ2n) is 6.45. The minimum Gasteiger partial charge on any atom is -0.503 e. The number of nitriles is 1. The van der Waals surface area contributed by atoms with E-state index in [9.17, 15) is 10.4 Å². The van der Waals surface area contributed by atoms with Gasteiger partial charge in [-0.2, -0.15) is 5.26 Å². The van der Waals surface area contributed by atoms with E-state index in [1.54, 1.807) is 18.3 Å². The number of aromatic hydroxyl groups is 1. The second-order valence-corrected chi connectivity index (χ2v) is 7.31. The zero-order valence-corrected chi connectivity index (χ0v) is 16.2. The summed E-state index contributed by atoms with van der Waals surface area (Å²) in [6.45, 7) is 1.98. The summed E-state index contributed by atoms with van der Waals surface area (Å²) in [6, 6.07) is 5.62. The van der Waals surface area contributed by atoms with E-state index < -0.39 is 11.6 Å². The zero-order chi connectivity index (χ0) is 19.3. The molecule has 0 saturated heterocycles. The highest BCUT2D eigenvalue weighted by molar-refractivity contribution is 9.10. The maximum Gasteiger partial charge on any atom is 0.251 e. The van der Waals surface area contributed by atoms with Crippen molar-refractivity contribution in [1.29, 1.82) is 5.26 Å². The van der Waals surface area contributed by atoms with Crippen molar-refractivity contribution in [3.8, 4) is 17.6 Å². The van der Waals surface area contributed by atoms with Crippen LogP contribution in [0.1, 0.15) is 18.4 Å². The molecule has 3 aliphatic rings. The van der Waals surface area contributed by atoms with Gasteiger partial charge in [0.05, 0.1) is 17.5 Å². The van der Waals surface area contributed by atoms with Gasteiger partial charge in [-0.3, -0.25) is 0 Å². The fourth-order valence-electron chi connectivity index (χ4n) is 3.77. The van der Waals surface area contributed by atoms with E-state index in [-0.39, 0.29) is 11.6 Å². The maximum atomic E-state index is 10.2. The van der Waals surface area contributed by atoms with E-state index in [2.05, 4.69) is 27.0 Å². The minimum atomic E-state index is -1.06. The van der Waals surface area contributed by atoms with Gasteiger partial charge in [0.25, 0.3) is 5.72 Å². The molecule has 7 heteroatoms. The van der Waals surface area contributed by atoms with Crippen molar-refractivity contribution in [2.24, 2.45) is 10.7 Å². The number of aliphatic imine (C=N–C) groups is 1. The van der Waals surface area contributed by atoms with Crippen molar-refractivity contribution in [3.63, 3.8) is 0 Å². The van der Waals surface area contributed by atoms with Crippen LogP contribution in [0.15, 0.2) is 68.0 Å². The van der Waals surface area contributed by atoms with E-state index in [0.717, 1.165) is 22.3 Å². The summed E-state index contributed by atoms with van der Waals surface area (Å²) < 4.78 is 11.7. The predicted molar refractivity (Wildman–Crippen MR) is 104 cm³/mol. The van der Waals surface area contributed by atoms with Crippen LogP contribution in [-0.2, 0) is 4.74 Å². The number of nitrogens with zero attached hydrogens (tertiary/aromatic N) is 2. The summed E-state index contributed by atoms with van der Waals surface area (Å²) in [7, 11) is 1.47. The highest BCUT2D eigenvalue weighted by Gasteiger charge is 2.52. The average Bonchev–Trinajstić information content (AvgIpc) is 3.07. The molecule has 0 radical (unpaired) electrons. The number of hydrogen-bond acceptors (Lipinski definition) is 6. The number of halogens is 1. The Hall–Kier alpha value is -2.98. The molecule has 1 aromatic rings. The van der Waals surface area contributed by atoms with Crippen LogP contribution in [0.5, 0.6) is 11.5 Å². The van der Waals surface area contributed by atoms with Crippen molar-refractivity contribution >= 4 is 22.1 Å². The van der Waals surface area contributed by atoms with Gasteiger partial charge in [0.1, 0.15) is 11.6 Å².